The summed E-state index contributed by atoms with van der Waals surface area (Å²) in [5.74, 6) is -1.64. The lowest BCUT2D eigenvalue weighted by Gasteiger charge is -2.12. The van der Waals surface area contributed by atoms with Crippen molar-refractivity contribution in [2.75, 3.05) is 13.2 Å². The number of carbonyl (C=O) groups excluding carboxylic acids is 4. The van der Waals surface area contributed by atoms with Crippen LogP contribution in [0, 0.1) is 0 Å². The van der Waals surface area contributed by atoms with Crippen molar-refractivity contribution in [2.45, 2.75) is 25.8 Å². The molecule has 0 spiro atoms. The molecule has 1 aromatic carbocycles. The Bertz CT molecular complexity index is 628. The molecule has 2 rings (SSSR count). The van der Waals surface area contributed by atoms with Crippen molar-refractivity contribution in [3.05, 3.63) is 34.9 Å². The van der Waals surface area contributed by atoms with Gasteiger partial charge in [-0.2, -0.15) is 0 Å². The smallest absolute Gasteiger partial charge is 0.308 e. The fourth-order valence-electron chi connectivity index (χ4n) is 2.15. The van der Waals surface area contributed by atoms with Crippen LogP contribution in [0.2, 0.25) is 5.02 Å². The van der Waals surface area contributed by atoms with Gasteiger partial charge in [0.1, 0.15) is 0 Å². The average Bonchev–Trinajstić information content (AvgIpc) is 2.89. The van der Waals surface area contributed by atoms with E-state index < -0.39 is 18.5 Å². The molecular weight excluding hydrogens is 336 g/mol. The second kappa shape index (κ2) is 8.44. The molecule has 0 atom stereocenters. The first kappa shape index (κ1) is 17.9. The van der Waals surface area contributed by atoms with Gasteiger partial charge in [0.05, 0.1) is 6.42 Å². The molecule has 0 saturated carbocycles. The van der Waals surface area contributed by atoms with E-state index in [4.69, 9.17) is 16.3 Å². The van der Waals surface area contributed by atoms with E-state index in [1.807, 2.05) is 0 Å². The normalized spacial score (nSPS) is 14.0. The van der Waals surface area contributed by atoms with E-state index in [1.54, 1.807) is 24.3 Å². The zero-order valence-corrected chi connectivity index (χ0v) is 13.7. The van der Waals surface area contributed by atoms with Crippen LogP contribution < -0.4 is 5.32 Å². The quantitative estimate of drug-likeness (QED) is 0.584. The summed E-state index contributed by atoms with van der Waals surface area (Å²) in [7, 11) is 0. The lowest BCUT2D eigenvalue weighted by molar-refractivity contribution is -0.149. The molecule has 1 aliphatic rings. The number of hydrogen-bond donors (Lipinski definition) is 1. The summed E-state index contributed by atoms with van der Waals surface area (Å²) in [6.45, 7) is -0.123. The Morgan fingerprint density at radius 1 is 1.12 bits per heavy atom. The molecule has 0 aliphatic carbocycles. The van der Waals surface area contributed by atoms with Crippen molar-refractivity contribution in [1.29, 1.82) is 0 Å². The molecule has 0 unspecified atom stereocenters. The molecule has 7 nitrogen and oxygen atoms in total. The van der Waals surface area contributed by atoms with Crippen molar-refractivity contribution >= 4 is 35.3 Å². The first-order valence-corrected chi connectivity index (χ1v) is 7.83. The molecule has 1 aliphatic heterocycles. The van der Waals surface area contributed by atoms with Gasteiger partial charge in [0.25, 0.3) is 5.91 Å². The van der Waals surface area contributed by atoms with Gasteiger partial charge in [-0.3, -0.25) is 24.1 Å². The van der Waals surface area contributed by atoms with E-state index in [-0.39, 0.29) is 37.6 Å². The van der Waals surface area contributed by atoms with Gasteiger partial charge in [-0.15, -0.1) is 0 Å². The van der Waals surface area contributed by atoms with Crippen LogP contribution in [0.3, 0.4) is 0 Å². The summed E-state index contributed by atoms with van der Waals surface area (Å²) in [5.41, 5.74) is 0.866. The first-order valence-electron chi connectivity index (χ1n) is 7.45. The van der Waals surface area contributed by atoms with Gasteiger partial charge in [0.2, 0.25) is 11.8 Å². The van der Waals surface area contributed by atoms with Gasteiger partial charge in [-0.05, 0) is 17.7 Å². The van der Waals surface area contributed by atoms with Crippen molar-refractivity contribution < 1.29 is 23.9 Å². The summed E-state index contributed by atoms with van der Waals surface area (Å²) in [6, 6.07) is 6.98. The number of nitrogens with zero attached hydrogens (tertiary/aromatic N) is 1. The van der Waals surface area contributed by atoms with Crippen LogP contribution in [0.1, 0.15) is 24.8 Å². The van der Waals surface area contributed by atoms with Crippen LogP contribution in [-0.4, -0.2) is 41.7 Å². The third-order valence-corrected chi connectivity index (χ3v) is 3.71. The average molecular weight is 353 g/mol. The van der Waals surface area contributed by atoms with Crippen molar-refractivity contribution in [3.63, 3.8) is 0 Å². The number of amides is 3. The molecule has 8 heteroatoms. The van der Waals surface area contributed by atoms with Crippen molar-refractivity contribution in [1.82, 2.24) is 10.2 Å². The zero-order valence-electron chi connectivity index (χ0n) is 12.9. The van der Waals surface area contributed by atoms with Gasteiger partial charge in [0, 0.05) is 31.0 Å². The van der Waals surface area contributed by atoms with Gasteiger partial charge >= 0.3 is 5.97 Å². The van der Waals surface area contributed by atoms with E-state index in [9.17, 15) is 19.2 Å². The SMILES string of the molecule is O=C(COC(=O)CCN1C(=O)CCC1=O)NCc1ccc(Cl)cc1. The Morgan fingerprint density at radius 3 is 2.38 bits per heavy atom. The number of rotatable bonds is 7. The number of imide groups is 1. The Balaban J connectivity index is 1.64. The number of halogens is 1. The first-order chi connectivity index (χ1) is 11.5. The maximum Gasteiger partial charge on any atom is 0.308 e. The number of hydrogen-bond acceptors (Lipinski definition) is 5. The Kier molecular flexibility index (Phi) is 6.31. The molecule has 1 saturated heterocycles. The molecule has 1 fully saturated rings. The number of benzene rings is 1. The molecule has 1 aromatic rings. The van der Waals surface area contributed by atoms with Crippen LogP contribution in [-0.2, 0) is 30.5 Å². The van der Waals surface area contributed by atoms with E-state index in [0.717, 1.165) is 10.5 Å². The molecule has 3 amide bonds. The van der Waals surface area contributed by atoms with Crippen LogP contribution in [0.5, 0.6) is 0 Å². The summed E-state index contributed by atoms with van der Waals surface area (Å²) >= 11 is 5.76. The molecule has 128 valence electrons. The van der Waals surface area contributed by atoms with Gasteiger partial charge in [-0.25, -0.2) is 0 Å². The van der Waals surface area contributed by atoms with E-state index in [2.05, 4.69) is 5.32 Å². The van der Waals surface area contributed by atoms with Crippen LogP contribution >= 0.6 is 11.6 Å². The molecule has 0 radical (unpaired) electrons. The van der Waals surface area contributed by atoms with Crippen molar-refractivity contribution in [3.8, 4) is 0 Å². The number of ether oxygens (including phenoxy) is 1. The third kappa shape index (κ3) is 5.34. The Morgan fingerprint density at radius 2 is 1.75 bits per heavy atom. The zero-order chi connectivity index (χ0) is 17.5. The second-order valence-corrected chi connectivity index (χ2v) is 5.69. The molecule has 0 bridgehead atoms. The van der Waals surface area contributed by atoms with Crippen molar-refractivity contribution in [2.24, 2.45) is 0 Å². The summed E-state index contributed by atoms with van der Waals surface area (Å²) in [6.07, 6.45) is 0.240. The molecule has 1 heterocycles. The third-order valence-electron chi connectivity index (χ3n) is 3.46. The molecular formula is C16H17ClN2O5. The van der Waals surface area contributed by atoms with Crippen LogP contribution in [0.15, 0.2) is 24.3 Å². The van der Waals surface area contributed by atoms with Crippen LogP contribution in [0.25, 0.3) is 0 Å². The summed E-state index contributed by atoms with van der Waals surface area (Å²) < 4.78 is 4.82. The highest BCUT2D eigenvalue weighted by Crippen LogP contribution is 2.12. The number of nitrogens with one attached hydrogen (secondary N) is 1. The fraction of sp³-hybridized carbons (Fsp3) is 0.375. The predicted octanol–water partition coefficient (Wildman–Crippen LogP) is 1.04. The summed E-state index contributed by atoms with van der Waals surface area (Å²) in [5, 5.41) is 3.21. The lowest BCUT2D eigenvalue weighted by Crippen LogP contribution is -2.32. The number of carbonyl (C=O) groups is 4. The minimum Gasteiger partial charge on any atom is -0.456 e. The predicted molar refractivity (Wildman–Crippen MR) is 84.8 cm³/mol. The van der Waals surface area contributed by atoms with Gasteiger partial charge in [-0.1, -0.05) is 23.7 Å². The monoisotopic (exact) mass is 352 g/mol. The van der Waals surface area contributed by atoms with Gasteiger partial charge < -0.3 is 10.1 Å². The van der Waals surface area contributed by atoms with Gasteiger partial charge in [0.15, 0.2) is 6.61 Å². The maximum absolute atomic E-state index is 11.6. The molecule has 0 aromatic heterocycles. The summed E-state index contributed by atoms with van der Waals surface area (Å²) in [4.78, 5) is 47.0. The minimum atomic E-state index is -0.635. The highest BCUT2D eigenvalue weighted by Gasteiger charge is 2.28. The second-order valence-electron chi connectivity index (χ2n) is 5.25. The van der Waals surface area contributed by atoms with Crippen LogP contribution in [0.4, 0.5) is 0 Å². The number of likely N-dealkylation sites (tertiary alicyclic amines) is 1. The largest absolute Gasteiger partial charge is 0.456 e. The standard InChI is InChI=1S/C16H17ClN2O5/c17-12-3-1-11(2-4-12)9-18-13(20)10-24-16(23)7-8-19-14(21)5-6-15(19)22/h1-4H,5-10H2,(H,18,20). The maximum atomic E-state index is 11.6. The Hall–Kier alpha value is -2.41. The number of esters is 1. The Labute approximate surface area is 143 Å². The minimum absolute atomic E-state index is 0.0110. The lowest BCUT2D eigenvalue weighted by atomic mass is 10.2. The molecule has 1 N–H and O–H groups in total. The highest BCUT2D eigenvalue weighted by atomic mass is 35.5. The fourth-order valence-corrected chi connectivity index (χ4v) is 2.27. The van der Waals surface area contributed by atoms with E-state index >= 15 is 0 Å². The molecule has 24 heavy (non-hydrogen) atoms. The topological polar surface area (TPSA) is 92.8 Å². The van der Waals surface area contributed by atoms with E-state index in [0.29, 0.717) is 11.6 Å². The highest BCUT2D eigenvalue weighted by molar-refractivity contribution is 6.30. The van der Waals surface area contributed by atoms with E-state index in [1.165, 1.54) is 0 Å².